The number of hydrogen-bond donors (Lipinski definition) is 1. The van der Waals surface area contributed by atoms with Gasteiger partial charge in [0, 0.05) is 12.1 Å². The molecule has 0 spiro atoms. The third-order valence-corrected chi connectivity index (χ3v) is 2.29. The van der Waals surface area contributed by atoms with E-state index in [4.69, 9.17) is 4.74 Å². The molecule has 0 aliphatic heterocycles. The van der Waals surface area contributed by atoms with Crippen molar-refractivity contribution in [1.82, 2.24) is 0 Å². The largest absolute Gasteiger partial charge is 0.495 e. The molecule has 0 aliphatic carbocycles. The molecule has 1 N–H and O–H groups in total. The third-order valence-electron chi connectivity index (χ3n) is 2.29. The Balaban J connectivity index is 2.77. The first kappa shape index (κ1) is 11.8. The summed E-state index contributed by atoms with van der Waals surface area (Å²) in [6, 6.07) is 4.82. The molecule has 2 nitrogen and oxygen atoms in total. The van der Waals surface area contributed by atoms with Crippen LogP contribution in [-0.2, 0) is 0 Å². The summed E-state index contributed by atoms with van der Waals surface area (Å²) in [6.45, 7) is 4.20. The molecule has 0 bridgehead atoms. The lowest BCUT2D eigenvalue weighted by atomic mass is 10.2. The van der Waals surface area contributed by atoms with Gasteiger partial charge in [-0.2, -0.15) is 0 Å². The summed E-state index contributed by atoms with van der Waals surface area (Å²) in [5, 5.41) is 3.24. The lowest BCUT2D eigenvalue weighted by Gasteiger charge is -2.16. The average molecular weight is 211 g/mol. The highest BCUT2D eigenvalue weighted by atomic mass is 19.1. The molecule has 0 amide bonds. The zero-order valence-electron chi connectivity index (χ0n) is 9.51. The molecule has 1 aromatic rings. The van der Waals surface area contributed by atoms with Crippen LogP contribution in [0.5, 0.6) is 5.75 Å². The Hall–Kier alpha value is -1.25. The van der Waals surface area contributed by atoms with Crippen LogP contribution in [0.4, 0.5) is 10.1 Å². The topological polar surface area (TPSA) is 21.3 Å². The molecule has 0 aliphatic rings. The van der Waals surface area contributed by atoms with Crippen molar-refractivity contribution in [3.63, 3.8) is 0 Å². The Bertz CT molecular complexity index is 314. The molecular weight excluding hydrogens is 193 g/mol. The standard InChI is InChI=1S/C12H18FNO/c1-4-5-9(2)14-11-8-10(13)6-7-12(11)15-3/h6-9,14H,4-5H2,1-3H3. The molecule has 1 aromatic carbocycles. The van der Waals surface area contributed by atoms with Crippen molar-refractivity contribution in [3.8, 4) is 5.75 Å². The van der Waals surface area contributed by atoms with E-state index >= 15 is 0 Å². The van der Waals surface area contributed by atoms with E-state index in [-0.39, 0.29) is 5.82 Å². The van der Waals surface area contributed by atoms with E-state index < -0.39 is 0 Å². The molecule has 0 radical (unpaired) electrons. The Morgan fingerprint density at radius 1 is 1.47 bits per heavy atom. The molecule has 1 rings (SSSR count). The monoisotopic (exact) mass is 211 g/mol. The van der Waals surface area contributed by atoms with Gasteiger partial charge in [0.05, 0.1) is 12.8 Å². The smallest absolute Gasteiger partial charge is 0.142 e. The average Bonchev–Trinajstić information content (AvgIpc) is 2.18. The second-order valence-corrected chi connectivity index (χ2v) is 3.68. The van der Waals surface area contributed by atoms with Gasteiger partial charge in [-0.15, -0.1) is 0 Å². The minimum Gasteiger partial charge on any atom is -0.495 e. The summed E-state index contributed by atoms with van der Waals surface area (Å²) in [5.41, 5.74) is 0.721. The van der Waals surface area contributed by atoms with Crippen molar-refractivity contribution in [2.75, 3.05) is 12.4 Å². The van der Waals surface area contributed by atoms with Gasteiger partial charge in [0.2, 0.25) is 0 Å². The molecule has 0 saturated carbocycles. The first-order valence-corrected chi connectivity index (χ1v) is 5.27. The summed E-state index contributed by atoms with van der Waals surface area (Å²) in [6.07, 6.45) is 2.16. The molecule has 84 valence electrons. The predicted molar refractivity (Wildman–Crippen MR) is 60.9 cm³/mol. The van der Waals surface area contributed by atoms with Gasteiger partial charge in [0.1, 0.15) is 11.6 Å². The van der Waals surface area contributed by atoms with Crippen LogP contribution in [0.25, 0.3) is 0 Å². The van der Waals surface area contributed by atoms with Gasteiger partial charge in [0.15, 0.2) is 0 Å². The maximum atomic E-state index is 13.0. The van der Waals surface area contributed by atoms with E-state index in [1.54, 1.807) is 13.2 Å². The van der Waals surface area contributed by atoms with Crippen molar-refractivity contribution in [1.29, 1.82) is 0 Å². The van der Waals surface area contributed by atoms with Crippen LogP contribution in [-0.4, -0.2) is 13.2 Å². The van der Waals surface area contributed by atoms with Crippen molar-refractivity contribution >= 4 is 5.69 Å². The summed E-state index contributed by atoms with van der Waals surface area (Å²) in [7, 11) is 1.59. The minimum absolute atomic E-state index is 0.248. The van der Waals surface area contributed by atoms with Crippen LogP contribution in [0.15, 0.2) is 18.2 Å². The van der Waals surface area contributed by atoms with Crippen LogP contribution >= 0.6 is 0 Å². The van der Waals surface area contributed by atoms with Crippen LogP contribution in [0, 0.1) is 5.82 Å². The van der Waals surface area contributed by atoms with E-state index in [0.717, 1.165) is 18.5 Å². The van der Waals surface area contributed by atoms with Gasteiger partial charge in [-0.05, 0) is 25.5 Å². The molecule has 0 fully saturated rings. The Morgan fingerprint density at radius 3 is 2.80 bits per heavy atom. The van der Waals surface area contributed by atoms with Crippen LogP contribution in [0.1, 0.15) is 26.7 Å². The first-order chi connectivity index (χ1) is 7.17. The van der Waals surface area contributed by atoms with Gasteiger partial charge >= 0.3 is 0 Å². The van der Waals surface area contributed by atoms with Crippen molar-refractivity contribution in [2.24, 2.45) is 0 Å². The highest BCUT2D eigenvalue weighted by molar-refractivity contribution is 5.56. The van der Waals surface area contributed by atoms with Crippen LogP contribution in [0.2, 0.25) is 0 Å². The fourth-order valence-electron chi connectivity index (χ4n) is 1.56. The number of ether oxygens (including phenoxy) is 1. The lowest BCUT2D eigenvalue weighted by molar-refractivity contribution is 0.415. The SMILES string of the molecule is CCCC(C)Nc1cc(F)ccc1OC. The number of anilines is 1. The summed E-state index contributed by atoms with van der Waals surface area (Å²) >= 11 is 0. The molecule has 0 heterocycles. The molecule has 1 atom stereocenters. The van der Waals surface area contributed by atoms with Crippen molar-refractivity contribution in [2.45, 2.75) is 32.7 Å². The van der Waals surface area contributed by atoms with E-state index in [1.165, 1.54) is 12.1 Å². The molecular formula is C12H18FNO. The molecule has 15 heavy (non-hydrogen) atoms. The summed E-state index contributed by atoms with van der Waals surface area (Å²) in [4.78, 5) is 0. The van der Waals surface area contributed by atoms with Gasteiger partial charge in [-0.3, -0.25) is 0 Å². The highest BCUT2D eigenvalue weighted by Crippen LogP contribution is 2.25. The molecule has 0 aromatic heterocycles. The van der Waals surface area contributed by atoms with Crippen molar-refractivity contribution in [3.05, 3.63) is 24.0 Å². The van der Waals surface area contributed by atoms with Gasteiger partial charge in [-0.25, -0.2) is 4.39 Å². The number of rotatable bonds is 5. The Labute approximate surface area is 90.4 Å². The van der Waals surface area contributed by atoms with E-state index in [2.05, 4.69) is 19.2 Å². The highest BCUT2D eigenvalue weighted by Gasteiger charge is 2.07. The molecule has 3 heteroatoms. The van der Waals surface area contributed by atoms with Gasteiger partial charge < -0.3 is 10.1 Å². The van der Waals surface area contributed by atoms with E-state index in [0.29, 0.717) is 11.8 Å². The van der Waals surface area contributed by atoms with Crippen molar-refractivity contribution < 1.29 is 9.13 Å². The zero-order valence-corrected chi connectivity index (χ0v) is 9.51. The number of hydrogen-bond acceptors (Lipinski definition) is 2. The molecule has 0 saturated heterocycles. The third kappa shape index (κ3) is 3.42. The minimum atomic E-state index is -0.248. The zero-order chi connectivity index (χ0) is 11.3. The van der Waals surface area contributed by atoms with E-state index in [1.807, 2.05) is 0 Å². The fourth-order valence-corrected chi connectivity index (χ4v) is 1.56. The Kier molecular flexibility index (Phi) is 4.40. The second kappa shape index (κ2) is 5.59. The lowest BCUT2D eigenvalue weighted by Crippen LogP contribution is -2.15. The number of nitrogens with one attached hydrogen (secondary N) is 1. The number of benzene rings is 1. The Morgan fingerprint density at radius 2 is 2.20 bits per heavy atom. The fraction of sp³-hybridized carbons (Fsp3) is 0.500. The predicted octanol–water partition coefficient (Wildman–Crippen LogP) is 3.43. The normalized spacial score (nSPS) is 12.3. The van der Waals surface area contributed by atoms with Gasteiger partial charge in [-0.1, -0.05) is 13.3 Å². The summed E-state index contributed by atoms with van der Waals surface area (Å²) in [5.74, 6) is 0.432. The second-order valence-electron chi connectivity index (χ2n) is 3.68. The quantitative estimate of drug-likeness (QED) is 0.805. The first-order valence-electron chi connectivity index (χ1n) is 5.27. The maximum absolute atomic E-state index is 13.0. The van der Waals surface area contributed by atoms with E-state index in [9.17, 15) is 4.39 Å². The van der Waals surface area contributed by atoms with Crippen LogP contribution < -0.4 is 10.1 Å². The number of halogens is 1. The maximum Gasteiger partial charge on any atom is 0.142 e. The van der Waals surface area contributed by atoms with Gasteiger partial charge in [0.25, 0.3) is 0 Å². The summed E-state index contributed by atoms with van der Waals surface area (Å²) < 4.78 is 18.2. The molecule has 1 unspecified atom stereocenters. The van der Waals surface area contributed by atoms with Crippen LogP contribution in [0.3, 0.4) is 0 Å². The number of methoxy groups -OCH3 is 1.